The van der Waals surface area contributed by atoms with Gasteiger partial charge in [-0.1, -0.05) is 0 Å². The molecule has 7 nitrogen and oxygen atoms in total. The minimum atomic E-state index is -1.71. The van der Waals surface area contributed by atoms with Crippen molar-refractivity contribution in [2.24, 2.45) is 5.90 Å². The molecule has 1 atom stereocenters. The van der Waals surface area contributed by atoms with Crippen molar-refractivity contribution in [2.45, 2.75) is 6.23 Å². The Hall–Kier alpha value is -1.18. The van der Waals surface area contributed by atoms with E-state index in [9.17, 15) is 9.59 Å². The Bertz CT molecular complexity index is 194. The molecule has 1 unspecified atom stereocenters. The molecule has 1 amide bonds. The third kappa shape index (κ3) is 5.12. The zero-order chi connectivity index (χ0) is 10.4. The Morgan fingerprint density at radius 2 is 2.15 bits per heavy atom. The molecule has 0 fully saturated rings. The molecule has 0 aliphatic rings. The van der Waals surface area contributed by atoms with E-state index in [1.165, 1.54) is 0 Å². The number of carbonyl (C=O) groups excluding carboxylic acids is 2. The monoisotopic (exact) mass is 191 g/mol. The normalized spacial score (nSPS) is 12.4. The fraction of sp³-hybridized carbons (Fsp3) is 0.667. The minimum Gasteiger partial charge on any atom is -0.370 e. The number of likely N-dealkylation sites (N-methyl/N-ethyl adjacent to an activating group) is 1. The third-order valence-electron chi connectivity index (χ3n) is 1.10. The zero-order valence-electron chi connectivity index (χ0n) is 7.48. The van der Waals surface area contributed by atoms with Crippen molar-refractivity contribution in [3.8, 4) is 0 Å². The lowest BCUT2D eigenvalue weighted by molar-refractivity contribution is -0.158. The van der Waals surface area contributed by atoms with Crippen LogP contribution in [0.25, 0.3) is 0 Å². The Morgan fingerprint density at radius 3 is 2.54 bits per heavy atom. The van der Waals surface area contributed by atoms with Gasteiger partial charge in [-0.15, -0.1) is 0 Å². The molecule has 0 saturated carbocycles. The highest BCUT2D eigenvalue weighted by Gasteiger charge is 2.18. The van der Waals surface area contributed by atoms with E-state index in [0.717, 1.165) is 0 Å². The van der Waals surface area contributed by atoms with Crippen LogP contribution >= 0.6 is 0 Å². The second-order valence-electron chi connectivity index (χ2n) is 2.64. The summed E-state index contributed by atoms with van der Waals surface area (Å²) in [5.41, 5.74) is 0. The van der Waals surface area contributed by atoms with Gasteiger partial charge >= 0.3 is 5.97 Å². The van der Waals surface area contributed by atoms with E-state index < -0.39 is 18.1 Å². The quantitative estimate of drug-likeness (QED) is 0.332. The van der Waals surface area contributed by atoms with Crippen molar-refractivity contribution < 1.29 is 19.5 Å². The van der Waals surface area contributed by atoms with Crippen LogP contribution in [0.3, 0.4) is 0 Å². The standard InChI is InChI=1S/C6H13N3O4/c1-9(2)3-4(10)8-5(11)6(12)13-7/h5,11H,3,7H2,1-2H3,(H,8,10). The zero-order valence-corrected chi connectivity index (χ0v) is 7.48. The maximum absolute atomic E-state index is 10.9. The highest BCUT2D eigenvalue weighted by Crippen LogP contribution is 1.82. The summed E-state index contributed by atoms with van der Waals surface area (Å²) in [6.07, 6.45) is -1.71. The second kappa shape index (κ2) is 5.46. The lowest BCUT2D eigenvalue weighted by atomic mass is 10.5. The highest BCUT2D eigenvalue weighted by molar-refractivity contribution is 5.84. The van der Waals surface area contributed by atoms with E-state index in [2.05, 4.69) is 10.7 Å². The van der Waals surface area contributed by atoms with Crippen LogP contribution in [0.2, 0.25) is 0 Å². The average Bonchev–Trinajstić information content (AvgIpc) is 2.01. The molecule has 0 saturated heterocycles. The molecule has 0 spiro atoms. The molecule has 0 aliphatic heterocycles. The average molecular weight is 191 g/mol. The Kier molecular flexibility index (Phi) is 4.97. The maximum Gasteiger partial charge on any atom is 0.374 e. The number of nitrogens with one attached hydrogen (secondary N) is 1. The maximum atomic E-state index is 10.9. The van der Waals surface area contributed by atoms with Crippen LogP contribution < -0.4 is 11.2 Å². The van der Waals surface area contributed by atoms with Crippen LogP contribution in [0.4, 0.5) is 0 Å². The predicted octanol–water partition coefficient (Wildman–Crippen LogP) is -2.60. The molecule has 0 bridgehead atoms. The van der Waals surface area contributed by atoms with Gasteiger partial charge in [0.05, 0.1) is 6.54 Å². The Balaban J connectivity index is 3.85. The number of hydrogen-bond acceptors (Lipinski definition) is 6. The lowest BCUT2D eigenvalue weighted by Crippen LogP contribution is -2.45. The largest absolute Gasteiger partial charge is 0.374 e. The van der Waals surface area contributed by atoms with Gasteiger partial charge in [0.1, 0.15) is 0 Å². The first-order chi connectivity index (χ1) is 5.97. The first kappa shape index (κ1) is 11.8. The first-order valence-corrected chi connectivity index (χ1v) is 3.50. The smallest absolute Gasteiger partial charge is 0.370 e. The van der Waals surface area contributed by atoms with Crippen molar-refractivity contribution in [3.63, 3.8) is 0 Å². The molecule has 13 heavy (non-hydrogen) atoms. The number of rotatable bonds is 4. The van der Waals surface area contributed by atoms with Gasteiger partial charge in [-0.05, 0) is 14.1 Å². The van der Waals surface area contributed by atoms with Gasteiger partial charge < -0.3 is 20.2 Å². The summed E-state index contributed by atoms with van der Waals surface area (Å²) in [5.74, 6) is 2.88. The fourth-order valence-corrected chi connectivity index (χ4v) is 0.609. The van der Waals surface area contributed by atoms with Crippen molar-refractivity contribution >= 4 is 11.9 Å². The Morgan fingerprint density at radius 1 is 1.62 bits per heavy atom. The van der Waals surface area contributed by atoms with E-state index in [1.807, 2.05) is 5.32 Å². The number of nitrogens with two attached hydrogens (primary N) is 1. The van der Waals surface area contributed by atoms with Crippen molar-refractivity contribution in [3.05, 3.63) is 0 Å². The summed E-state index contributed by atoms with van der Waals surface area (Å²) in [6.45, 7) is 0.0644. The summed E-state index contributed by atoms with van der Waals surface area (Å²) in [4.78, 5) is 26.7. The highest BCUT2D eigenvalue weighted by atomic mass is 16.7. The van der Waals surface area contributed by atoms with Crippen LogP contribution in [-0.2, 0) is 14.4 Å². The van der Waals surface area contributed by atoms with Gasteiger partial charge in [0.15, 0.2) is 0 Å². The van der Waals surface area contributed by atoms with Crippen LogP contribution in [0.15, 0.2) is 0 Å². The van der Waals surface area contributed by atoms with Gasteiger partial charge in [-0.3, -0.25) is 4.79 Å². The molecule has 0 aromatic carbocycles. The summed E-state index contributed by atoms with van der Waals surface area (Å²) in [5, 5.41) is 10.9. The third-order valence-corrected chi connectivity index (χ3v) is 1.10. The van der Waals surface area contributed by atoms with Crippen LogP contribution in [0.1, 0.15) is 0 Å². The Labute approximate surface area is 75.4 Å². The van der Waals surface area contributed by atoms with Crippen molar-refractivity contribution in [1.82, 2.24) is 10.2 Å². The van der Waals surface area contributed by atoms with Crippen LogP contribution in [0, 0.1) is 0 Å². The number of amides is 1. The van der Waals surface area contributed by atoms with E-state index in [1.54, 1.807) is 19.0 Å². The van der Waals surface area contributed by atoms with Crippen molar-refractivity contribution in [1.29, 1.82) is 0 Å². The SMILES string of the molecule is CN(C)CC(=O)NC(O)C(=O)ON. The summed E-state index contributed by atoms with van der Waals surface area (Å²) in [6, 6.07) is 0. The number of aliphatic hydroxyl groups excluding tert-OH is 1. The molecule has 76 valence electrons. The number of nitrogens with zero attached hydrogens (tertiary/aromatic N) is 1. The van der Waals surface area contributed by atoms with E-state index >= 15 is 0 Å². The molecule has 0 rings (SSSR count). The van der Waals surface area contributed by atoms with E-state index in [-0.39, 0.29) is 6.54 Å². The molecular formula is C6H13N3O4. The molecule has 0 aromatic heterocycles. The number of aliphatic hydroxyl groups is 1. The lowest BCUT2D eigenvalue weighted by Gasteiger charge is -2.12. The minimum absolute atomic E-state index is 0.0644. The van der Waals surface area contributed by atoms with Crippen LogP contribution in [0.5, 0.6) is 0 Å². The molecule has 0 radical (unpaired) electrons. The van der Waals surface area contributed by atoms with Gasteiger partial charge in [-0.25, -0.2) is 4.79 Å². The number of carbonyl (C=O) groups is 2. The van der Waals surface area contributed by atoms with Crippen LogP contribution in [-0.4, -0.2) is 48.8 Å². The van der Waals surface area contributed by atoms with Gasteiger partial charge in [-0.2, -0.15) is 5.90 Å². The first-order valence-electron chi connectivity index (χ1n) is 3.50. The van der Waals surface area contributed by atoms with Gasteiger partial charge in [0.25, 0.3) is 0 Å². The van der Waals surface area contributed by atoms with Crippen molar-refractivity contribution in [2.75, 3.05) is 20.6 Å². The number of hydrogen-bond donors (Lipinski definition) is 3. The molecule has 4 N–H and O–H groups in total. The molecule has 0 aromatic rings. The molecule has 0 aliphatic carbocycles. The topological polar surface area (TPSA) is 105 Å². The summed E-state index contributed by atoms with van der Waals surface area (Å²) in [7, 11) is 3.35. The summed E-state index contributed by atoms with van der Waals surface area (Å²) >= 11 is 0. The van der Waals surface area contributed by atoms with Gasteiger partial charge in [0.2, 0.25) is 12.1 Å². The molecule has 7 heteroatoms. The summed E-state index contributed by atoms with van der Waals surface area (Å²) < 4.78 is 0. The van der Waals surface area contributed by atoms with E-state index in [4.69, 9.17) is 5.11 Å². The van der Waals surface area contributed by atoms with Gasteiger partial charge in [0, 0.05) is 0 Å². The molecule has 0 heterocycles. The predicted molar refractivity (Wildman–Crippen MR) is 43.0 cm³/mol. The van der Waals surface area contributed by atoms with E-state index in [0.29, 0.717) is 0 Å². The fourth-order valence-electron chi connectivity index (χ4n) is 0.609. The molecular weight excluding hydrogens is 178 g/mol. The second-order valence-corrected chi connectivity index (χ2v) is 2.64.